The van der Waals surface area contributed by atoms with Crippen LogP contribution in [0.2, 0.25) is 5.02 Å². The lowest BCUT2D eigenvalue weighted by Crippen LogP contribution is -2.18. The van der Waals surface area contributed by atoms with E-state index in [1.54, 1.807) is 66.7 Å². The van der Waals surface area contributed by atoms with Crippen molar-refractivity contribution in [3.05, 3.63) is 99.0 Å². The number of hydrogen-bond donors (Lipinski definition) is 1. The highest BCUT2D eigenvalue weighted by Crippen LogP contribution is 2.19. The average molecular weight is 473 g/mol. The first kappa shape index (κ1) is 20.8. The number of nitrogens with one attached hydrogen (secondary N) is 1. The van der Waals surface area contributed by atoms with Gasteiger partial charge in [0.2, 0.25) is 0 Å². The van der Waals surface area contributed by atoms with Gasteiger partial charge in [0.15, 0.2) is 12.4 Å². The number of rotatable bonds is 6. The van der Waals surface area contributed by atoms with E-state index >= 15 is 0 Å². The summed E-state index contributed by atoms with van der Waals surface area (Å²) in [6, 6.07) is 19.6. The Bertz CT molecular complexity index is 1050. The van der Waals surface area contributed by atoms with Crippen LogP contribution in [0.4, 0.5) is 5.69 Å². The van der Waals surface area contributed by atoms with Gasteiger partial charge in [-0.15, -0.1) is 0 Å². The Balaban J connectivity index is 1.68. The van der Waals surface area contributed by atoms with E-state index in [1.807, 2.05) is 0 Å². The maximum absolute atomic E-state index is 12.5. The van der Waals surface area contributed by atoms with Gasteiger partial charge in [-0.3, -0.25) is 9.59 Å². The molecule has 3 rings (SSSR count). The summed E-state index contributed by atoms with van der Waals surface area (Å²) in [6.45, 7) is -0.421. The minimum Gasteiger partial charge on any atom is -0.454 e. The zero-order chi connectivity index (χ0) is 20.8. The summed E-state index contributed by atoms with van der Waals surface area (Å²) in [7, 11) is 0. The maximum Gasteiger partial charge on any atom is 0.340 e. The Hall–Kier alpha value is -2.96. The summed E-state index contributed by atoms with van der Waals surface area (Å²) in [6.07, 6.45) is 0. The first-order valence-electron chi connectivity index (χ1n) is 8.56. The number of esters is 1. The molecule has 0 radical (unpaired) electrons. The second-order valence-electron chi connectivity index (χ2n) is 6.01. The molecule has 0 aliphatic carbocycles. The SMILES string of the molecule is O=C(COC(=O)c1ccccc1NC(=O)c1ccc(Br)cc1)c1ccc(Cl)cc1. The minimum absolute atomic E-state index is 0.155. The first-order chi connectivity index (χ1) is 13.9. The Morgan fingerprint density at radius 1 is 0.862 bits per heavy atom. The van der Waals surface area contributed by atoms with E-state index in [2.05, 4.69) is 21.2 Å². The van der Waals surface area contributed by atoms with Gasteiger partial charge in [0.25, 0.3) is 5.91 Å². The van der Waals surface area contributed by atoms with Crippen LogP contribution in [0.3, 0.4) is 0 Å². The molecule has 0 atom stereocenters. The number of ketones is 1. The molecule has 0 spiro atoms. The second kappa shape index (κ2) is 9.49. The molecule has 0 fully saturated rings. The van der Waals surface area contributed by atoms with Crippen molar-refractivity contribution in [3.63, 3.8) is 0 Å². The van der Waals surface area contributed by atoms with Crippen LogP contribution in [0.5, 0.6) is 0 Å². The topological polar surface area (TPSA) is 72.5 Å². The van der Waals surface area contributed by atoms with Gasteiger partial charge in [-0.2, -0.15) is 0 Å². The summed E-state index contributed by atoms with van der Waals surface area (Å²) < 4.78 is 5.99. The fraction of sp³-hybridized carbons (Fsp3) is 0.0455. The predicted octanol–water partition coefficient (Wildman–Crippen LogP) is 5.39. The normalized spacial score (nSPS) is 10.3. The van der Waals surface area contributed by atoms with Gasteiger partial charge in [0.1, 0.15) is 0 Å². The van der Waals surface area contributed by atoms with Crippen LogP contribution < -0.4 is 5.32 Å². The van der Waals surface area contributed by atoms with Crippen molar-refractivity contribution in [1.82, 2.24) is 0 Å². The third-order valence-corrected chi connectivity index (χ3v) is 4.78. The highest BCUT2D eigenvalue weighted by Gasteiger charge is 2.17. The van der Waals surface area contributed by atoms with Gasteiger partial charge in [-0.25, -0.2) is 4.79 Å². The molecule has 0 aromatic heterocycles. The molecule has 29 heavy (non-hydrogen) atoms. The van der Waals surface area contributed by atoms with E-state index in [0.717, 1.165) is 4.47 Å². The molecule has 7 heteroatoms. The molecular formula is C22H15BrClNO4. The Morgan fingerprint density at radius 2 is 1.48 bits per heavy atom. The highest BCUT2D eigenvalue weighted by atomic mass is 79.9. The minimum atomic E-state index is -0.709. The average Bonchev–Trinajstić information content (AvgIpc) is 2.73. The van der Waals surface area contributed by atoms with E-state index in [0.29, 0.717) is 21.8 Å². The molecule has 0 aliphatic rings. The predicted molar refractivity (Wildman–Crippen MR) is 115 cm³/mol. The highest BCUT2D eigenvalue weighted by molar-refractivity contribution is 9.10. The van der Waals surface area contributed by atoms with Crippen LogP contribution in [0.1, 0.15) is 31.1 Å². The van der Waals surface area contributed by atoms with E-state index in [9.17, 15) is 14.4 Å². The molecular weight excluding hydrogens is 458 g/mol. The third-order valence-electron chi connectivity index (χ3n) is 4.00. The largest absolute Gasteiger partial charge is 0.454 e. The van der Waals surface area contributed by atoms with Crippen LogP contribution in [0, 0.1) is 0 Å². The molecule has 0 bridgehead atoms. The fourth-order valence-electron chi connectivity index (χ4n) is 2.49. The summed E-state index contributed by atoms with van der Waals surface area (Å²) in [5.74, 6) is -1.43. The van der Waals surface area contributed by atoms with E-state index in [1.165, 1.54) is 6.07 Å². The van der Waals surface area contributed by atoms with E-state index in [-0.39, 0.29) is 17.3 Å². The number of ether oxygens (including phenoxy) is 1. The van der Waals surface area contributed by atoms with Gasteiger partial charge in [-0.05, 0) is 60.7 Å². The molecule has 5 nitrogen and oxygen atoms in total. The van der Waals surface area contributed by atoms with Crippen molar-refractivity contribution in [1.29, 1.82) is 0 Å². The van der Waals surface area contributed by atoms with Crippen molar-refractivity contribution in [3.8, 4) is 0 Å². The Kier molecular flexibility index (Phi) is 6.80. The van der Waals surface area contributed by atoms with Crippen LogP contribution in [-0.4, -0.2) is 24.3 Å². The third kappa shape index (κ3) is 5.53. The fourth-order valence-corrected chi connectivity index (χ4v) is 2.88. The zero-order valence-corrected chi connectivity index (χ0v) is 17.4. The lowest BCUT2D eigenvalue weighted by atomic mass is 10.1. The van der Waals surface area contributed by atoms with Gasteiger partial charge in [-0.1, -0.05) is 39.7 Å². The molecule has 0 saturated carbocycles. The second-order valence-corrected chi connectivity index (χ2v) is 7.36. The van der Waals surface area contributed by atoms with Gasteiger partial charge in [0.05, 0.1) is 11.3 Å². The summed E-state index contributed by atoms with van der Waals surface area (Å²) in [5.41, 5.74) is 1.28. The lowest BCUT2D eigenvalue weighted by molar-refractivity contribution is 0.0475. The van der Waals surface area contributed by atoms with Gasteiger partial charge >= 0.3 is 5.97 Å². The van der Waals surface area contributed by atoms with Crippen LogP contribution >= 0.6 is 27.5 Å². The molecule has 0 saturated heterocycles. The van der Waals surface area contributed by atoms with Crippen molar-refractivity contribution >= 4 is 50.9 Å². The van der Waals surface area contributed by atoms with Crippen molar-refractivity contribution in [2.24, 2.45) is 0 Å². The van der Waals surface area contributed by atoms with E-state index in [4.69, 9.17) is 16.3 Å². The molecule has 0 unspecified atom stereocenters. The summed E-state index contributed by atoms with van der Waals surface area (Å²) >= 11 is 9.12. The lowest BCUT2D eigenvalue weighted by Gasteiger charge is -2.11. The monoisotopic (exact) mass is 471 g/mol. The van der Waals surface area contributed by atoms with Gasteiger partial charge < -0.3 is 10.1 Å². The number of anilines is 1. The van der Waals surface area contributed by atoms with Crippen LogP contribution in [0.15, 0.2) is 77.3 Å². The van der Waals surface area contributed by atoms with Crippen LogP contribution in [0.25, 0.3) is 0 Å². The number of halogens is 2. The molecule has 3 aromatic carbocycles. The smallest absolute Gasteiger partial charge is 0.340 e. The Labute approximate surface area is 180 Å². The van der Waals surface area contributed by atoms with Crippen molar-refractivity contribution < 1.29 is 19.1 Å². The van der Waals surface area contributed by atoms with Gasteiger partial charge in [0, 0.05) is 20.6 Å². The molecule has 1 amide bonds. The Morgan fingerprint density at radius 3 is 2.17 bits per heavy atom. The number of carbonyl (C=O) groups excluding carboxylic acids is 3. The molecule has 3 aromatic rings. The number of amides is 1. The number of carbonyl (C=O) groups is 3. The van der Waals surface area contributed by atoms with Crippen molar-refractivity contribution in [2.75, 3.05) is 11.9 Å². The zero-order valence-electron chi connectivity index (χ0n) is 15.0. The van der Waals surface area contributed by atoms with E-state index < -0.39 is 12.6 Å². The number of hydrogen-bond acceptors (Lipinski definition) is 4. The number of Topliss-reactive ketones (excluding diaryl/α,β-unsaturated/α-hetero) is 1. The molecule has 1 N–H and O–H groups in total. The molecule has 146 valence electrons. The maximum atomic E-state index is 12.5. The quantitative estimate of drug-likeness (QED) is 0.385. The standard InChI is InChI=1S/C22H15BrClNO4/c23-16-9-5-15(6-10-16)21(27)25-19-4-2-1-3-18(19)22(28)29-13-20(26)14-7-11-17(24)12-8-14/h1-12H,13H2,(H,25,27). The molecule has 0 heterocycles. The molecule has 0 aliphatic heterocycles. The van der Waals surface area contributed by atoms with Crippen molar-refractivity contribution in [2.45, 2.75) is 0 Å². The van der Waals surface area contributed by atoms with Crippen LogP contribution in [-0.2, 0) is 4.74 Å². The summed E-state index contributed by atoms with van der Waals surface area (Å²) in [5, 5.41) is 3.21. The number of para-hydroxylation sites is 1. The summed E-state index contributed by atoms with van der Waals surface area (Å²) in [4.78, 5) is 37.1. The number of benzene rings is 3. The first-order valence-corrected chi connectivity index (χ1v) is 9.73.